The van der Waals surface area contributed by atoms with Crippen LogP contribution in [0, 0.1) is 12.3 Å². The van der Waals surface area contributed by atoms with Gasteiger partial charge in [-0.15, -0.1) is 0 Å². The molecule has 0 aromatic rings. The quantitative estimate of drug-likeness (QED) is 0.724. The average Bonchev–Trinajstić information content (AvgIpc) is 2.18. The van der Waals surface area contributed by atoms with E-state index in [1.54, 1.807) is 0 Å². The molecule has 0 bridgehead atoms. The van der Waals surface area contributed by atoms with Crippen LogP contribution in [-0.4, -0.2) is 23.0 Å². The van der Waals surface area contributed by atoms with Crippen LogP contribution < -0.4 is 5.73 Å². The number of aliphatic hydroxyl groups excluding tert-OH is 1. The zero-order valence-electron chi connectivity index (χ0n) is 9.48. The molecule has 2 unspecified atom stereocenters. The second kappa shape index (κ2) is 6.23. The van der Waals surface area contributed by atoms with Gasteiger partial charge in [0.25, 0.3) is 0 Å². The van der Waals surface area contributed by atoms with Gasteiger partial charge >= 0.3 is 0 Å². The molecule has 0 heterocycles. The van der Waals surface area contributed by atoms with Crippen molar-refractivity contribution in [2.75, 3.05) is 0 Å². The van der Waals surface area contributed by atoms with E-state index in [-0.39, 0.29) is 18.2 Å². The fourth-order valence-electron chi connectivity index (χ4n) is 2.22. The number of hydrogen-bond donors (Lipinski definition) is 2. The van der Waals surface area contributed by atoms with Crippen LogP contribution in [0.25, 0.3) is 0 Å². The molecule has 1 radical (unpaired) electrons. The third-order valence-electron chi connectivity index (χ3n) is 3.15. The summed E-state index contributed by atoms with van der Waals surface area (Å²) in [5.41, 5.74) is 5.88. The zero-order chi connectivity index (χ0) is 11.3. The minimum atomic E-state index is -0.659. The maximum atomic E-state index is 10.8. The van der Waals surface area contributed by atoms with E-state index >= 15 is 0 Å². The van der Waals surface area contributed by atoms with Crippen molar-refractivity contribution < 1.29 is 9.90 Å². The number of rotatable bonds is 5. The standard InChI is InChI=1S/C12H22NO2/c1-9(14)7-12(15)11(13)8-10-5-3-2-4-6-10/h2,10-12,15H,3-8,13H2,1H3. The lowest BCUT2D eigenvalue weighted by Crippen LogP contribution is -2.37. The lowest BCUT2D eigenvalue weighted by atomic mass is 9.83. The molecule has 0 aromatic carbocycles. The predicted molar refractivity (Wildman–Crippen MR) is 60.2 cm³/mol. The van der Waals surface area contributed by atoms with E-state index in [1.807, 2.05) is 0 Å². The first-order valence-electron chi connectivity index (χ1n) is 5.84. The van der Waals surface area contributed by atoms with Crippen molar-refractivity contribution in [2.24, 2.45) is 11.7 Å². The summed E-state index contributed by atoms with van der Waals surface area (Å²) in [4.78, 5) is 10.8. The second-order valence-electron chi connectivity index (χ2n) is 4.68. The highest BCUT2D eigenvalue weighted by atomic mass is 16.3. The van der Waals surface area contributed by atoms with Crippen LogP contribution in [0.2, 0.25) is 0 Å². The van der Waals surface area contributed by atoms with Gasteiger partial charge in [-0.25, -0.2) is 0 Å². The van der Waals surface area contributed by atoms with Gasteiger partial charge in [-0.2, -0.15) is 0 Å². The summed E-state index contributed by atoms with van der Waals surface area (Å²) >= 11 is 0. The average molecular weight is 212 g/mol. The fourth-order valence-corrected chi connectivity index (χ4v) is 2.22. The maximum absolute atomic E-state index is 10.8. The smallest absolute Gasteiger partial charge is 0.132 e. The molecule has 1 aliphatic rings. The minimum Gasteiger partial charge on any atom is -0.391 e. The van der Waals surface area contributed by atoms with Crippen molar-refractivity contribution in [3.8, 4) is 0 Å². The van der Waals surface area contributed by atoms with Crippen LogP contribution in [0.3, 0.4) is 0 Å². The number of Topliss-reactive ketones (excluding diaryl/α,β-unsaturated/α-hetero) is 1. The summed E-state index contributed by atoms with van der Waals surface area (Å²) in [7, 11) is 0. The summed E-state index contributed by atoms with van der Waals surface area (Å²) in [6.45, 7) is 1.49. The Hall–Kier alpha value is -0.410. The molecule has 2 atom stereocenters. The molecule has 1 fully saturated rings. The largest absolute Gasteiger partial charge is 0.391 e. The number of ketones is 1. The molecule has 0 saturated heterocycles. The van der Waals surface area contributed by atoms with E-state index in [9.17, 15) is 9.90 Å². The van der Waals surface area contributed by atoms with Crippen molar-refractivity contribution in [2.45, 2.75) is 57.6 Å². The second-order valence-corrected chi connectivity index (χ2v) is 4.68. The van der Waals surface area contributed by atoms with Gasteiger partial charge in [-0.1, -0.05) is 12.8 Å². The zero-order valence-corrected chi connectivity index (χ0v) is 9.48. The lowest BCUT2D eigenvalue weighted by Gasteiger charge is -2.26. The van der Waals surface area contributed by atoms with Gasteiger partial charge < -0.3 is 10.8 Å². The fraction of sp³-hybridized carbons (Fsp3) is 0.833. The molecule has 87 valence electrons. The Balaban J connectivity index is 2.26. The van der Waals surface area contributed by atoms with Crippen molar-refractivity contribution >= 4 is 5.78 Å². The van der Waals surface area contributed by atoms with E-state index in [0.29, 0.717) is 5.92 Å². The Bertz CT molecular complexity index is 200. The third-order valence-corrected chi connectivity index (χ3v) is 3.15. The first kappa shape index (κ1) is 12.7. The van der Waals surface area contributed by atoms with Crippen molar-refractivity contribution in [3.05, 3.63) is 6.42 Å². The topological polar surface area (TPSA) is 63.3 Å². The van der Waals surface area contributed by atoms with Gasteiger partial charge in [0.2, 0.25) is 0 Å². The van der Waals surface area contributed by atoms with Gasteiger partial charge in [-0.05, 0) is 38.5 Å². The maximum Gasteiger partial charge on any atom is 0.132 e. The molecule has 0 spiro atoms. The molecule has 3 nitrogen and oxygen atoms in total. The first-order chi connectivity index (χ1) is 7.09. The van der Waals surface area contributed by atoms with E-state index in [0.717, 1.165) is 6.42 Å². The van der Waals surface area contributed by atoms with Crippen molar-refractivity contribution in [1.82, 2.24) is 0 Å². The Morgan fingerprint density at radius 3 is 2.67 bits per heavy atom. The number of nitrogens with two attached hydrogens (primary N) is 1. The summed E-state index contributed by atoms with van der Waals surface area (Å²) in [5, 5.41) is 9.67. The molecule has 0 aromatic heterocycles. The molecular weight excluding hydrogens is 190 g/mol. The van der Waals surface area contributed by atoms with Crippen molar-refractivity contribution in [3.63, 3.8) is 0 Å². The number of aliphatic hydroxyl groups is 1. The SMILES string of the molecule is CC(=O)CC(O)C(N)CC1CC[CH]CC1. The minimum absolute atomic E-state index is 0.00919. The summed E-state index contributed by atoms with van der Waals surface area (Å²) < 4.78 is 0. The van der Waals surface area contributed by atoms with Crippen molar-refractivity contribution in [1.29, 1.82) is 0 Å². The third kappa shape index (κ3) is 4.76. The molecule has 15 heavy (non-hydrogen) atoms. The van der Waals surface area contributed by atoms with E-state index in [4.69, 9.17) is 5.73 Å². The molecule has 1 aliphatic carbocycles. The van der Waals surface area contributed by atoms with Gasteiger partial charge in [0.05, 0.1) is 6.10 Å². The number of hydrogen-bond acceptors (Lipinski definition) is 3. The highest BCUT2D eigenvalue weighted by molar-refractivity contribution is 5.76. The Morgan fingerprint density at radius 1 is 1.53 bits per heavy atom. The van der Waals surface area contributed by atoms with Crippen LogP contribution in [-0.2, 0) is 4.79 Å². The van der Waals surface area contributed by atoms with E-state index in [1.165, 1.54) is 32.6 Å². The molecule has 3 N–H and O–H groups in total. The Labute approximate surface area is 92.0 Å². The predicted octanol–water partition coefficient (Wildman–Crippen LogP) is 1.44. The Morgan fingerprint density at radius 2 is 2.13 bits per heavy atom. The molecule has 3 heteroatoms. The Kier molecular flexibility index (Phi) is 5.26. The van der Waals surface area contributed by atoms with Crippen LogP contribution in [0.4, 0.5) is 0 Å². The molecular formula is C12H22NO2. The molecule has 1 rings (SSSR count). The number of carbonyl (C=O) groups excluding carboxylic acids is 1. The van der Waals surface area contributed by atoms with Gasteiger partial charge in [0.15, 0.2) is 0 Å². The monoisotopic (exact) mass is 212 g/mol. The van der Waals surface area contributed by atoms with Gasteiger partial charge in [-0.3, -0.25) is 4.79 Å². The highest BCUT2D eigenvalue weighted by Crippen LogP contribution is 2.27. The highest BCUT2D eigenvalue weighted by Gasteiger charge is 2.22. The van der Waals surface area contributed by atoms with Crippen LogP contribution >= 0.6 is 0 Å². The van der Waals surface area contributed by atoms with E-state index in [2.05, 4.69) is 6.42 Å². The van der Waals surface area contributed by atoms with Gasteiger partial charge in [0.1, 0.15) is 5.78 Å². The van der Waals surface area contributed by atoms with Crippen LogP contribution in [0.15, 0.2) is 0 Å². The molecule has 0 amide bonds. The van der Waals surface area contributed by atoms with Gasteiger partial charge in [0, 0.05) is 12.5 Å². The lowest BCUT2D eigenvalue weighted by molar-refractivity contribution is -0.119. The van der Waals surface area contributed by atoms with Crippen LogP contribution in [0.1, 0.15) is 45.4 Å². The van der Waals surface area contributed by atoms with E-state index < -0.39 is 6.10 Å². The number of carbonyl (C=O) groups is 1. The molecule has 1 saturated carbocycles. The first-order valence-corrected chi connectivity index (χ1v) is 5.84. The summed E-state index contributed by atoms with van der Waals surface area (Å²) in [5.74, 6) is 0.640. The summed E-state index contributed by atoms with van der Waals surface area (Å²) in [6.07, 6.45) is 7.39. The molecule has 0 aliphatic heterocycles. The normalized spacial score (nSPS) is 22.3. The van der Waals surface area contributed by atoms with Crippen LogP contribution in [0.5, 0.6) is 0 Å². The summed E-state index contributed by atoms with van der Waals surface area (Å²) in [6, 6.07) is -0.239.